The van der Waals surface area contributed by atoms with Crippen LogP contribution in [-0.2, 0) is 6.61 Å². The van der Waals surface area contributed by atoms with Gasteiger partial charge in [-0.1, -0.05) is 42.5 Å². The molecule has 0 atom stereocenters. The van der Waals surface area contributed by atoms with E-state index in [-0.39, 0.29) is 0 Å². The number of hydrogen-bond donors (Lipinski definition) is 3. The molecule has 3 N–H and O–H groups in total. The molecule has 0 saturated heterocycles. The highest BCUT2D eigenvalue weighted by atomic mass is 32.1. The van der Waals surface area contributed by atoms with Gasteiger partial charge in [0.15, 0.2) is 17.7 Å². The average Bonchev–Trinajstić information content (AvgIpc) is 2.75. The standard InChI is InChI=1S/C24H25N3O2S/c1-3-28-23-15-19(16-25-27-24(30)26-21-11-5-4-6-12-21)13-14-22(23)29-17-20-10-8-7-9-18(20)2/h4-16H,3,17H2,1-2H3,(H2,26,27,30)/p+1. The van der Waals surface area contributed by atoms with Gasteiger partial charge in [0.2, 0.25) is 5.11 Å². The van der Waals surface area contributed by atoms with Gasteiger partial charge in [-0.05, 0) is 67.5 Å². The van der Waals surface area contributed by atoms with Crippen LogP contribution in [0, 0.1) is 6.92 Å². The van der Waals surface area contributed by atoms with Crippen molar-refractivity contribution >= 4 is 29.2 Å². The lowest BCUT2D eigenvalue weighted by molar-refractivity contribution is -0.499. The highest BCUT2D eigenvalue weighted by molar-refractivity contribution is 7.80. The molecule has 154 valence electrons. The molecule has 0 heterocycles. The zero-order chi connectivity index (χ0) is 21.2. The first-order valence-corrected chi connectivity index (χ1v) is 10.2. The summed E-state index contributed by atoms with van der Waals surface area (Å²) in [5.41, 5.74) is 7.15. The minimum atomic E-state index is 0.473. The highest BCUT2D eigenvalue weighted by Gasteiger charge is 2.08. The maximum absolute atomic E-state index is 6.01. The van der Waals surface area contributed by atoms with Crippen LogP contribution in [0.15, 0.2) is 72.8 Å². The number of hydrogen-bond acceptors (Lipinski definition) is 3. The fraction of sp³-hybridized carbons (Fsp3) is 0.167. The van der Waals surface area contributed by atoms with Crippen LogP contribution in [-0.4, -0.2) is 17.9 Å². The largest absolute Gasteiger partial charge is 0.490 e. The van der Waals surface area contributed by atoms with E-state index >= 15 is 0 Å². The van der Waals surface area contributed by atoms with Crippen molar-refractivity contribution in [1.29, 1.82) is 0 Å². The molecule has 0 bridgehead atoms. The molecule has 0 saturated carbocycles. The first-order valence-electron chi connectivity index (χ1n) is 9.80. The van der Waals surface area contributed by atoms with E-state index in [4.69, 9.17) is 21.7 Å². The van der Waals surface area contributed by atoms with Crippen molar-refractivity contribution in [2.45, 2.75) is 20.5 Å². The molecule has 0 aliphatic heterocycles. The van der Waals surface area contributed by atoms with Crippen LogP contribution in [0.4, 0.5) is 5.69 Å². The summed E-state index contributed by atoms with van der Waals surface area (Å²) >= 11 is 5.28. The van der Waals surface area contributed by atoms with Gasteiger partial charge in [0, 0.05) is 11.3 Å². The number of thiocarbonyl (C=S) groups is 1. The van der Waals surface area contributed by atoms with E-state index in [1.54, 1.807) is 0 Å². The summed E-state index contributed by atoms with van der Waals surface area (Å²) < 4.78 is 11.8. The van der Waals surface area contributed by atoms with Gasteiger partial charge in [-0.15, -0.1) is 10.5 Å². The summed E-state index contributed by atoms with van der Waals surface area (Å²) in [6.45, 7) is 5.08. The lowest BCUT2D eigenvalue weighted by atomic mass is 10.1. The Morgan fingerprint density at radius 3 is 2.50 bits per heavy atom. The number of hydrazine groups is 1. The third-order valence-electron chi connectivity index (χ3n) is 4.37. The zero-order valence-electron chi connectivity index (χ0n) is 17.1. The van der Waals surface area contributed by atoms with Gasteiger partial charge < -0.3 is 14.8 Å². The molecule has 0 fully saturated rings. The minimum Gasteiger partial charge on any atom is -0.490 e. The number of para-hydroxylation sites is 1. The van der Waals surface area contributed by atoms with Crippen LogP contribution in [0.3, 0.4) is 0 Å². The third kappa shape index (κ3) is 6.32. The van der Waals surface area contributed by atoms with Gasteiger partial charge in [0.05, 0.1) is 6.61 Å². The fourth-order valence-corrected chi connectivity index (χ4v) is 2.98. The Morgan fingerprint density at radius 2 is 1.73 bits per heavy atom. The van der Waals surface area contributed by atoms with Crippen LogP contribution < -0.4 is 25.3 Å². The van der Waals surface area contributed by atoms with Crippen molar-refractivity contribution in [3.63, 3.8) is 0 Å². The van der Waals surface area contributed by atoms with Crippen LogP contribution in [0.25, 0.3) is 0 Å². The van der Waals surface area contributed by atoms with Crippen molar-refractivity contribution < 1.29 is 14.6 Å². The molecule has 0 aliphatic carbocycles. The van der Waals surface area contributed by atoms with E-state index in [1.165, 1.54) is 5.56 Å². The molecular weight excluding hydrogens is 394 g/mol. The van der Waals surface area contributed by atoms with E-state index in [0.29, 0.717) is 29.8 Å². The minimum absolute atomic E-state index is 0.473. The number of nitrogens with one attached hydrogen (secondary N) is 3. The number of rotatable bonds is 8. The van der Waals surface area contributed by atoms with Crippen LogP contribution in [0.5, 0.6) is 11.5 Å². The molecule has 0 aromatic heterocycles. The van der Waals surface area contributed by atoms with Gasteiger partial charge in [0.1, 0.15) is 6.61 Å². The van der Waals surface area contributed by atoms with Gasteiger partial charge in [0.25, 0.3) is 0 Å². The van der Waals surface area contributed by atoms with Crippen LogP contribution in [0.2, 0.25) is 0 Å². The van der Waals surface area contributed by atoms with E-state index in [1.807, 2.05) is 73.8 Å². The summed E-state index contributed by atoms with van der Waals surface area (Å²) in [5, 5.41) is 6.57. The molecule has 5 nitrogen and oxygen atoms in total. The van der Waals surface area contributed by atoms with E-state index in [0.717, 1.165) is 16.8 Å². The highest BCUT2D eigenvalue weighted by Crippen LogP contribution is 2.29. The maximum atomic E-state index is 6.01. The van der Waals surface area contributed by atoms with Gasteiger partial charge in [-0.3, -0.25) is 0 Å². The molecule has 0 unspecified atom stereocenters. The van der Waals surface area contributed by atoms with E-state index in [9.17, 15) is 0 Å². The second-order valence-electron chi connectivity index (χ2n) is 6.59. The Balaban J connectivity index is 1.61. The summed E-state index contributed by atoms with van der Waals surface area (Å²) in [6, 6.07) is 23.7. The van der Waals surface area contributed by atoms with Crippen molar-refractivity contribution in [3.05, 3.63) is 89.5 Å². The van der Waals surface area contributed by atoms with Crippen LogP contribution >= 0.6 is 12.2 Å². The molecule has 0 radical (unpaired) electrons. The molecule has 3 aromatic rings. The molecule has 0 spiro atoms. The summed E-state index contributed by atoms with van der Waals surface area (Å²) in [7, 11) is 0. The monoisotopic (exact) mass is 420 g/mol. The Hall–Kier alpha value is -3.38. The zero-order valence-corrected chi connectivity index (χ0v) is 18.0. The van der Waals surface area contributed by atoms with Gasteiger partial charge in [-0.2, -0.15) is 0 Å². The molecule has 0 aliphatic rings. The number of ether oxygens (including phenoxy) is 2. The van der Waals surface area contributed by atoms with Gasteiger partial charge in [-0.25, -0.2) is 0 Å². The van der Waals surface area contributed by atoms with E-state index in [2.05, 4.69) is 34.9 Å². The average molecular weight is 421 g/mol. The molecular formula is C24H26N3O2S+. The number of benzene rings is 3. The van der Waals surface area contributed by atoms with Crippen molar-refractivity contribution in [2.75, 3.05) is 11.9 Å². The van der Waals surface area contributed by atoms with Crippen molar-refractivity contribution in [2.24, 2.45) is 0 Å². The lowest BCUT2D eigenvalue weighted by Gasteiger charge is -2.13. The summed E-state index contributed by atoms with van der Waals surface area (Å²) in [4.78, 5) is 0. The Kier molecular flexibility index (Phi) is 7.80. The second kappa shape index (κ2) is 11.0. The Morgan fingerprint density at radius 1 is 0.967 bits per heavy atom. The molecule has 0 amide bonds. The second-order valence-corrected chi connectivity index (χ2v) is 7.00. The third-order valence-corrected chi connectivity index (χ3v) is 4.57. The molecule has 30 heavy (non-hydrogen) atoms. The molecule has 3 rings (SSSR count). The normalized spacial score (nSPS) is 10.6. The maximum Gasteiger partial charge on any atom is 0.228 e. The smallest absolute Gasteiger partial charge is 0.228 e. The quantitative estimate of drug-likeness (QED) is 0.296. The van der Waals surface area contributed by atoms with E-state index < -0.39 is 0 Å². The predicted octanol–water partition coefficient (Wildman–Crippen LogP) is 3.37. The van der Waals surface area contributed by atoms with Crippen molar-refractivity contribution in [1.82, 2.24) is 5.43 Å². The van der Waals surface area contributed by atoms with Crippen LogP contribution in [0.1, 0.15) is 23.6 Å². The lowest BCUT2D eigenvalue weighted by Crippen LogP contribution is -2.82. The summed E-state index contributed by atoms with van der Waals surface area (Å²) in [6.07, 6.45) is 1.81. The number of anilines is 1. The first-order chi connectivity index (χ1) is 14.7. The number of aryl methyl sites for hydroxylation is 1. The Bertz CT molecular complexity index is 1010. The fourth-order valence-electron chi connectivity index (χ4n) is 2.80. The van der Waals surface area contributed by atoms with Gasteiger partial charge >= 0.3 is 0 Å². The summed E-state index contributed by atoms with van der Waals surface area (Å²) in [5.74, 6) is 1.41. The SMILES string of the molecule is CCOc1cc(C=[NH+]NC(=S)Nc2ccccc2)ccc1OCc1ccccc1C. The van der Waals surface area contributed by atoms with Crippen molar-refractivity contribution in [3.8, 4) is 11.5 Å². The molecule has 6 heteroatoms. The Labute approximate surface area is 182 Å². The molecule has 3 aromatic carbocycles. The number of hydrazone groups is 1. The first kappa shape index (κ1) is 21.3. The predicted molar refractivity (Wildman–Crippen MR) is 125 cm³/mol. The topological polar surface area (TPSA) is 56.5 Å².